The minimum Gasteiger partial charge on any atom is -0.406 e. The number of aryl methyl sites for hydroxylation is 1. The van der Waals surface area contributed by atoms with Crippen LogP contribution in [0.1, 0.15) is 5.82 Å². The van der Waals surface area contributed by atoms with Crippen LogP contribution in [0.15, 0.2) is 30.6 Å². The summed E-state index contributed by atoms with van der Waals surface area (Å²) in [6.45, 7) is 0.142. The van der Waals surface area contributed by atoms with Crippen LogP contribution in [0, 0.1) is 0 Å². The summed E-state index contributed by atoms with van der Waals surface area (Å²) < 4.78 is 42.2. The number of hydrogen-bond donors (Lipinski definition) is 1. The Labute approximate surface area is 128 Å². The lowest BCUT2D eigenvalue weighted by Gasteiger charge is -2.09. The van der Waals surface area contributed by atoms with E-state index in [0.717, 1.165) is 0 Å². The van der Waals surface area contributed by atoms with E-state index in [4.69, 9.17) is 5.73 Å². The van der Waals surface area contributed by atoms with E-state index in [2.05, 4.69) is 19.7 Å². The van der Waals surface area contributed by atoms with E-state index >= 15 is 0 Å². The largest absolute Gasteiger partial charge is 0.573 e. The molecule has 0 unspecified atom stereocenters. The summed E-state index contributed by atoms with van der Waals surface area (Å²) in [5, 5.41) is 0. The van der Waals surface area contributed by atoms with E-state index in [1.165, 1.54) is 24.3 Å². The van der Waals surface area contributed by atoms with Crippen molar-refractivity contribution in [2.24, 2.45) is 12.8 Å². The Kier molecular flexibility index (Phi) is 3.64. The van der Waals surface area contributed by atoms with Crippen LogP contribution in [0.4, 0.5) is 13.2 Å². The van der Waals surface area contributed by atoms with Crippen molar-refractivity contribution in [3.63, 3.8) is 0 Å². The molecule has 0 spiro atoms. The number of imidazole rings is 1. The molecule has 3 rings (SSSR count). The average Bonchev–Trinajstić information content (AvgIpc) is 2.87. The molecule has 9 heteroatoms. The Hall–Kier alpha value is -2.68. The monoisotopic (exact) mass is 323 g/mol. The lowest BCUT2D eigenvalue weighted by atomic mass is 10.1. The van der Waals surface area contributed by atoms with Gasteiger partial charge < -0.3 is 15.0 Å². The van der Waals surface area contributed by atoms with Crippen LogP contribution >= 0.6 is 0 Å². The molecule has 0 aliphatic carbocycles. The maximum atomic E-state index is 12.2. The molecular formula is C14H12F3N5O. The zero-order chi connectivity index (χ0) is 16.6. The van der Waals surface area contributed by atoms with Gasteiger partial charge in [0.2, 0.25) is 0 Å². The number of alkyl halides is 3. The van der Waals surface area contributed by atoms with Crippen molar-refractivity contribution in [3.05, 3.63) is 36.4 Å². The molecule has 0 saturated heterocycles. The topological polar surface area (TPSA) is 78.8 Å². The second-order valence-corrected chi connectivity index (χ2v) is 4.79. The molecule has 0 radical (unpaired) electrons. The molecular weight excluding hydrogens is 311 g/mol. The number of nitrogens with zero attached hydrogens (tertiary/aromatic N) is 4. The highest BCUT2D eigenvalue weighted by molar-refractivity contribution is 5.87. The standard InChI is InChI=1S/C14H12F3N5O/c1-22-7-19-12-11(20-10(6-18)21-13(12)22)8-2-4-9(5-3-8)23-14(15,16)17/h2-5,7H,6,18H2,1H3. The third-order valence-electron chi connectivity index (χ3n) is 3.15. The molecule has 0 aliphatic heterocycles. The Balaban J connectivity index is 2.06. The predicted molar refractivity (Wildman–Crippen MR) is 76.3 cm³/mol. The molecule has 0 saturated carbocycles. The number of benzene rings is 1. The smallest absolute Gasteiger partial charge is 0.406 e. The van der Waals surface area contributed by atoms with E-state index in [0.29, 0.717) is 28.2 Å². The van der Waals surface area contributed by atoms with Crippen LogP contribution in [0.3, 0.4) is 0 Å². The van der Waals surface area contributed by atoms with E-state index in [-0.39, 0.29) is 12.3 Å². The number of fused-ring (bicyclic) bond motifs is 1. The normalized spacial score (nSPS) is 11.9. The highest BCUT2D eigenvalue weighted by Gasteiger charge is 2.31. The maximum absolute atomic E-state index is 12.2. The molecule has 0 amide bonds. The van der Waals surface area contributed by atoms with Crippen LogP contribution in [-0.2, 0) is 13.6 Å². The van der Waals surface area contributed by atoms with E-state index in [1.807, 2.05) is 0 Å². The van der Waals surface area contributed by atoms with Crippen molar-refractivity contribution in [2.45, 2.75) is 12.9 Å². The first-order valence-corrected chi connectivity index (χ1v) is 6.61. The fraction of sp³-hybridized carbons (Fsp3) is 0.214. The summed E-state index contributed by atoms with van der Waals surface area (Å²) in [6, 6.07) is 5.42. The summed E-state index contributed by atoms with van der Waals surface area (Å²) in [5.74, 6) is 0.123. The predicted octanol–water partition coefficient (Wildman–Crippen LogP) is 2.39. The molecule has 2 heterocycles. The SMILES string of the molecule is Cn1cnc2c(-c3ccc(OC(F)(F)F)cc3)nc(CN)nc21. The molecule has 6 nitrogen and oxygen atoms in total. The fourth-order valence-corrected chi connectivity index (χ4v) is 2.16. The van der Waals surface area contributed by atoms with Gasteiger partial charge in [0.15, 0.2) is 5.65 Å². The Morgan fingerprint density at radius 1 is 1.17 bits per heavy atom. The maximum Gasteiger partial charge on any atom is 0.573 e. The van der Waals surface area contributed by atoms with E-state index < -0.39 is 6.36 Å². The molecule has 3 aromatic rings. The molecule has 23 heavy (non-hydrogen) atoms. The fourth-order valence-electron chi connectivity index (χ4n) is 2.16. The summed E-state index contributed by atoms with van der Waals surface area (Å²) in [6.07, 6.45) is -3.14. The number of halogens is 3. The minimum absolute atomic E-state index is 0.142. The van der Waals surface area contributed by atoms with Gasteiger partial charge in [-0.2, -0.15) is 0 Å². The number of rotatable bonds is 3. The quantitative estimate of drug-likeness (QED) is 0.800. The van der Waals surface area contributed by atoms with Crippen LogP contribution in [0.25, 0.3) is 22.4 Å². The minimum atomic E-state index is -4.72. The number of nitrogens with two attached hydrogens (primary N) is 1. The molecule has 120 valence electrons. The molecule has 2 aromatic heterocycles. The zero-order valence-corrected chi connectivity index (χ0v) is 12.0. The van der Waals surface area contributed by atoms with Gasteiger partial charge >= 0.3 is 6.36 Å². The second-order valence-electron chi connectivity index (χ2n) is 4.79. The van der Waals surface area contributed by atoms with Gasteiger partial charge in [-0.25, -0.2) is 15.0 Å². The van der Waals surface area contributed by atoms with E-state index in [9.17, 15) is 13.2 Å². The first kappa shape index (κ1) is 15.2. The third kappa shape index (κ3) is 3.09. The Bertz CT molecular complexity index is 842. The van der Waals surface area contributed by atoms with Gasteiger partial charge in [0, 0.05) is 12.6 Å². The Morgan fingerprint density at radius 3 is 2.48 bits per heavy atom. The van der Waals surface area contributed by atoms with Gasteiger partial charge in [-0.1, -0.05) is 0 Å². The summed E-state index contributed by atoms with van der Waals surface area (Å²) in [4.78, 5) is 12.9. The third-order valence-corrected chi connectivity index (χ3v) is 3.15. The number of aromatic nitrogens is 4. The average molecular weight is 323 g/mol. The van der Waals surface area contributed by atoms with Crippen LogP contribution in [0.2, 0.25) is 0 Å². The molecule has 0 aliphatic rings. The van der Waals surface area contributed by atoms with Gasteiger partial charge in [-0.15, -0.1) is 13.2 Å². The molecule has 1 aromatic carbocycles. The van der Waals surface area contributed by atoms with Gasteiger partial charge in [-0.3, -0.25) is 0 Å². The van der Waals surface area contributed by atoms with Crippen molar-refractivity contribution >= 4 is 11.2 Å². The second kappa shape index (κ2) is 5.51. The van der Waals surface area contributed by atoms with Crippen LogP contribution in [-0.4, -0.2) is 25.9 Å². The van der Waals surface area contributed by atoms with Crippen LogP contribution in [0.5, 0.6) is 5.75 Å². The van der Waals surface area contributed by atoms with Gasteiger partial charge in [0.25, 0.3) is 0 Å². The summed E-state index contributed by atoms with van der Waals surface area (Å²) in [5.41, 5.74) is 7.86. The van der Waals surface area contributed by atoms with Crippen molar-refractivity contribution in [3.8, 4) is 17.0 Å². The van der Waals surface area contributed by atoms with E-state index in [1.54, 1.807) is 17.9 Å². The number of hydrogen-bond acceptors (Lipinski definition) is 5. The van der Waals surface area contributed by atoms with Crippen molar-refractivity contribution in [1.82, 2.24) is 19.5 Å². The molecule has 0 atom stereocenters. The number of ether oxygens (including phenoxy) is 1. The molecule has 0 fully saturated rings. The molecule has 2 N–H and O–H groups in total. The Morgan fingerprint density at radius 2 is 1.87 bits per heavy atom. The highest BCUT2D eigenvalue weighted by atomic mass is 19.4. The first-order valence-electron chi connectivity index (χ1n) is 6.61. The lowest BCUT2D eigenvalue weighted by Crippen LogP contribution is -2.16. The summed E-state index contributed by atoms with van der Waals surface area (Å²) >= 11 is 0. The summed E-state index contributed by atoms with van der Waals surface area (Å²) in [7, 11) is 1.78. The van der Waals surface area contributed by atoms with Crippen molar-refractivity contribution in [1.29, 1.82) is 0 Å². The van der Waals surface area contributed by atoms with Gasteiger partial charge in [0.05, 0.1) is 12.9 Å². The highest BCUT2D eigenvalue weighted by Crippen LogP contribution is 2.28. The van der Waals surface area contributed by atoms with Crippen molar-refractivity contribution < 1.29 is 17.9 Å². The lowest BCUT2D eigenvalue weighted by molar-refractivity contribution is -0.274. The van der Waals surface area contributed by atoms with Crippen molar-refractivity contribution in [2.75, 3.05) is 0 Å². The zero-order valence-electron chi connectivity index (χ0n) is 12.0. The van der Waals surface area contributed by atoms with Gasteiger partial charge in [-0.05, 0) is 24.3 Å². The van der Waals surface area contributed by atoms with Gasteiger partial charge in [0.1, 0.15) is 22.8 Å². The molecule has 0 bridgehead atoms. The van der Waals surface area contributed by atoms with Crippen LogP contribution < -0.4 is 10.5 Å². The first-order chi connectivity index (χ1) is 10.9.